The van der Waals surface area contributed by atoms with Crippen LogP contribution in [0.25, 0.3) is 10.9 Å². The number of hydrogen-bond acceptors (Lipinski definition) is 5. The molecular formula is C19H17ClF3N5O3S. The van der Waals surface area contributed by atoms with Crippen molar-refractivity contribution in [3.8, 4) is 0 Å². The minimum absolute atomic E-state index is 0.00822. The van der Waals surface area contributed by atoms with Crippen molar-refractivity contribution in [1.82, 2.24) is 13.9 Å². The van der Waals surface area contributed by atoms with E-state index in [1.165, 1.54) is 25.5 Å². The summed E-state index contributed by atoms with van der Waals surface area (Å²) in [6.07, 6.45) is 0.0421. The Balaban J connectivity index is 1.70. The topological polar surface area (TPSA) is 96.3 Å². The summed E-state index contributed by atoms with van der Waals surface area (Å²) in [6.45, 7) is -0.309. The van der Waals surface area contributed by atoms with Gasteiger partial charge in [0.2, 0.25) is 0 Å². The molecule has 0 bridgehead atoms. The molecular weight excluding hydrogens is 471 g/mol. The molecule has 3 aromatic rings. The molecule has 1 saturated heterocycles. The van der Waals surface area contributed by atoms with Gasteiger partial charge in [-0.3, -0.25) is 9.52 Å². The number of hydrogen-bond donors (Lipinski definition) is 2. The third-order valence-corrected chi connectivity index (χ3v) is 6.93. The van der Waals surface area contributed by atoms with E-state index in [4.69, 9.17) is 11.6 Å². The summed E-state index contributed by atoms with van der Waals surface area (Å²) in [5.74, 6) is -1.86. The molecule has 8 nitrogen and oxygen atoms in total. The third kappa shape index (κ3) is 4.00. The Kier molecular flexibility index (Phi) is 5.77. The minimum atomic E-state index is -4.14. The highest BCUT2D eigenvalue weighted by atomic mass is 35.5. The normalized spacial score (nSPS) is 17.1. The molecule has 2 N–H and O–H groups in total. The number of fused-ring (bicyclic) bond motifs is 1. The van der Waals surface area contributed by atoms with Gasteiger partial charge in [-0.25, -0.2) is 18.2 Å². The zero-order chi connectivity index (χ0) is 23.2. The van der Waals surface area contributed by atoms with Gasteiger partial charge in [0.05, 0.1) is 33.9 Å². The molecule has 0 aliphatic carbocycles. The summed E-state index contributed by atoms with van der Waals surface area (Å²) < 4.78 is 72.1. The lowest BCUT2D eigenvalue weighted by molar-refractivity contribution is 0.343. The van der Waals surface area contributed by atoms with Crippen LogP contribution < -0.4 is 15.6 Å². The second-order valence-corrected chi connectivity index (χ2v) is 9.29. The van der Waals surface area contributed by atoms with E-state index >= 15 is 4.39 Å². The van der Waals surface area contributed by atoms with E-state index in [1.807, 2.05) is 0 Å². The standard InChI is InChI=1S/C19H17ClF3N5O3S/c1-27-9-24-12-4-5-14(17(23)15(12)19(27)29)25-18-11(22)2-3-13(16(18)20)26-32(30,31)28-7-6-10(21)8-28/h2-5,9-10,25-26H,6-8H2,1H3/t10-/m0/s1. The molecule has 0 saturated carbocycles. The van der Waals surface area contributed by atoms with E-state index in [0.29, 0.717) is 0 Å². The Hall–Kier alpha value is -2.83. The van der Waals surface area contributed by atoms with E-state index < -0.39 is 39.3 Å². The van der Waals surface area contributed by atoms with E-state index in [-0.39, 0.29) is 46.8 Å². The van der Waals surface area contributed by atoms with Gasteiger partial charge >= 0.3 is 10.2 Å². The van der Waals surface area contributed by atoms with Crippen LogP contribution in [0.3, 0.4) is 0 Å². The first-order valence-corrected chi connectivity index (χ1v) is 11.2. The van der Waals surface area contributed by atoms with Crippen LogP contribution in [0.2, 0.25) is 5.02 Å². The molecule has 2 aromatic carbocycles. The predicted molar refractivity (Wildman–Crippen MR) is 115 cm³/mol. The number of rotatable bonds is 5. The van der Waals surface area contributed by atoms with Gasteiger partial charge in [0, 0.05) is 20.1 Å². The molecule has 0 spiro atoms. The van der Waals surface area contributed by atoms with Gasteiger partial charge in [-0.05, 0) is 30.7 Å². The van der Waals surface area contributed by atoms with Crippen molar-refractivity contribution in [1.29, 1.82) is 0 Å². The van der Waals surface area contributed by atoms with Gasteiger partial charge in [-0.1, -0.05) is 11.6 Å². The van der Waals surface area contributed by atoms with Crippen LogP contribution in [0.4, 0.5) is 30.2 Å². The Morgan fingerprint density at radius 3 is 2.59 bits per heavy atom. The molecule has 0 radical (unpaired) electrons. The molecule has 4 rings (SSSR count). The fourth-order valence-electron chi connectivity index (χ4n) is 3.34. The Bertz CT molecular complexity index is 1380. The second kappa shape index (κ2) is 8.26. The highest BCUT2D eigenvalue weighted by Crippen LogP contribution is 2.36. The molecule has 1 atom stereocenters. The van der Waals surface area contributed by atoms with E-state index in [2.05, 4.69) is 15.0 Å². The average Bonchev–Trinajstić information content (AvgIpc) is 3.19. The highest BCUT2D eigenvalue weighted by molar-refractivity contribution is 7.90. The van der Waals surface area contributed by atoms with E-state index in [1.54, 1.807) is 0 Å². The maximum atomic E-state index is 15.0. The molecule has 32 heavy (non-hydrogen) atoms. The van der Waals surface area contributed by atoms with Gasteiger partial charge in [-0.15, -0.1) is 0 Å². The molecule has 1 aliphatic heterocycles. The van der Waals surface area contributed by atoms with Gasteiger partial charge in [0.1, 0.15) is 17.4 Å². The lowest BCUT2D eigenvalue weighted by Crippen LogP contribution is -2.34. The molecule has 0 unspecified atom stereocenters. The van der Waals surface area contributed by atoms with Gasteiger partial charge < -0.3 is 9.88 Å². The smallest absolute Gasteiger partial charge is 0.301 e. The lowest BCUT2D eigenvalue weighted by atomic mass is 10.2. The first-order valence-electron chi connectivity index (χ1n) is 9.39. The van der Waals surface area contributed by atoms with Gasteiger partial charge in [-0.2, -0.15) is 12.7 Å². The molecule has 1 aliphatic rings. The zero-order valence-electron chi connectivity index (χ0n) is 16.6. The number of anilines is 3. The van der Waals surface area contributed by atoms with E-state index in [0.717, 1.165) is 21.0 Å². The fraction of sp³-hybridized carbons (Fsp3) is 0.263. The summed E-state index contributed by atoms with van der Waals surface area (Å²) in [7, 11) is -2.73. The summed E-state index contributed by atoms with van der Waals surface area (Å²) in [5.41, 5.74) is -1.38. The Morgan fingerprint density at radius 2 is 1.91 bits per heavy atom. The Labute approximate surface area is 185 Å². The maximum Gasteiger partial charge on any atom is 0.301 e. The molecule has 1 fully saturated rings. The molecule has 1 aromatic heterocycles. The molecule has 2 heterocycles. The van der Waals surface area contributed by atoms with Crippen molar-refractivity contribution in [2.24, 2.45) is 7.05 Å². The van der Waals surface area contributed by atoms with Crippen LogP contribution in [-0.2, 0) is 17.3 Å². The number of benzene rings is 2. The van der Waals surface area contributed by atoms with Crippen molar-refractivity contribution < 1.29 is 21.6 Å². The van der Waals surface area contributed by atoms with Crippen molar-refractivity contribution in [2.45, 2.75) is 12.6 Å². The third-order valence-electron chi connectivity index (χ3n) is 5.05. The molecule has 170 valence electrons. The predicted octanol–water partition coefficient (Wildman–Crippen LogP) is 3.31. The monoisotopic (exact) mass is 487 g/mol. The SMILES string of the molecule is Cn1cnc2ccc(Nc3c(F)ccc(NS(=O)(=O)N4CC[C@H](F)C4)c3Cl)c(F)c2c1=O. The quantitative estimate of drug-likeness (QED) is 0.575. The van der Waals surface area contributed by atoms with E-state index in [9.17, 15) is 22.0 Å². The summed E-state index contributed by atoms with van der Waals surface area (Å²) in [6, 6.07) is 4.66. The van der Waals surface area contributed by atoms with Crippen molar-refractivity contribution in [3.05, 3.63) is 57.6 Å². The zero-order valence-corrected chi connectivity index (χ0v) is 18.1. The number of halogens is 4. The van der Waals surface area contributed by atoms with Crippen LogP contribution >= 0.6 is 11.6 Å². The van der Waals surface area contributed by atoms with Crippen LogP contribution in [0.1, 0.15) is 6.42 Å². The number of nitrogens with zero attached hydrogens (tertiary/aromatic N) is 3. The molecule has 0 amide bonds. The lowest BCUT2D eigenvalue weighted by Gasteiger charge is -2.19. The minimum Gasteiger partial charge on any atom is -0.349 e. The fourth-order valence-corrected chi connectivity index (χ4v) is 4.93. The van der Waals surface area contributed by atoms with Crippen molar-refractivity contribution >= 4 is 49.8 Å². The summed E-state index contributed by atoms with van der Waals surface area (Å²) in [5, 5.41) is 1.81. The van der Waals surface area contributed by atoms with Gasteiger partial charge in [0.25, 0.3) is 5.56 Å². The number of aryl methyl sites for hydroxylation is 1. The van der Waals surface area contributed by atoms with Crippen molar-refractivity contribution in [3.63, 3.8) is 0 Å². The van der Waals surface area contributed by atoms with Crippen LogP contribution in [-0.4, -0.2) is 41.5 Å². The molecule has 13 heteroatoms. The largest absolute Gasteiger partial charge is 0.349 e. The van der Waals surface area contributed by atoms with Crippen molar-refractivity contribution in [2.75, 3.05) is 23.1 Å². The maximum absolute atomic E-state index is 15.0. The second-order valence-electron chi connectivity index (χ2n) is 7.24. The highest BCUT2D eigenvalue weighted by Gasteiger charge is 2.32. The number of aromatic nitrogens is 2. The summed E-state index contributed by atoms with van der Waals surface area (Å²) in [4.78, 5) is 16.3. The average molecular weight is 488 g/mol. The van der Waals surface area contributed by atoms with Crippen LogP contribution in [0.5, 0.6) is 0 Å². The van der Waals surface area contributed by atoms with Crippen LogP contribution in [0, 0.1) is 11.6 Å². The first-order chi connectivity index (χ1) is 15.1. The Morgan fingerprint density at radius 1 is 1.19 bits per heavy atom. The van der Waals surface area contributed by atoms with Gasteiger partial charge in [0.15, 0.2) is 5.82 Å². The summed E-state index contributed by atoms with van der Waals surface area (Å²) >= 11 is 6.21. The number of alkyl halides is 1. The number of nitrogens with one attached hydrogen (secondary N) is 2. The van der Waals surface area contributed by atoms with Crippen LogP contribution in [0.15, 0.2) is 35.4 Å². The first kappa shape index (κ1) is 22.4.